The zero-order chi connectivity index (χ0) is 33.1. The number of rotatable bonds is 4. The maximum atomic E-state index is 10.4. The molecule has 0 amide bonds. The summed E-state index contributed by atoms with van der Waals surface area (Å²) in [5.74, 6) is 0. The standard InChI is InChI=1S/C46H33N3/c1-46(2)39-22-8-11-25-43(39)48(35-17-4-3-5-18-35)44-27-26-32(29-40(44)46)31-14-12-15-33(28-31)36-21-13-16-34(30-47)45(36)49-41-23-9-6-19-37(41)38-20-7-10-24-42(38)49/h3-29H,1-2H3. The van der Waals surface area contributed by atoms with Crippen LogP contribution in [-0.4, -0.2) is 4.57 Å². The number of nitrogens with zero attached hydrogens (tertiary/aromatic N) is 3. The fourth-order valence-corrected chi connectivity index (χ4v) is 7.88. The van der Waals surface area contributed by atoms with E-state index in [-0.39, 0.29) is 5.41 Å². The normalized spacial score (nSPS) is 13.2. The van der Waals surface area contributed by atoms with Crippen LogP contribution in [0.1, 0.15) is 30.5 Å². The molecule has 3 heteroatoms. The van der Waals surface area contributed by atoms with Gasteiger partial charge in [-0.15, -0.1) is 0 Å². The number of benzene rings is 7. The first kappa shape index (κ1) is 28.8. The minimum absolute atomic E-state index is 0.199. The molecule has 2 heterocycles. The molecule has 0 N–H and O–H groups in total. The Balaban J connectivity index is 1.22. The van der Waals surface area contributed by atoms with E-state index in [2.05, 4.69) is 181 Å². The van der Waals surface area contributed by atoms with Crippen molar-refractivity contribution in [2.45, 2.75) is 19.3 Å². The van der Waals surface area contributed by atoms with Crippen molar-refractivity contribution in [2.24, 2.45) is 0 Å². The second-order valence-corrected chi connectivity index (χ2v) is 13.3. The van der Waals surface area contributed by atoms with E-state index in [0.29, 0.717) is 5.56 Å². The maximum Gasteiger partial charge on any atom is 0.101 e. The lowest BCUT2D eigenvalue weighted by Gasteiger charge is -2.42. The highest BCUT2D eigenvalue weighted by Crippen LogP contribution is 2.52. The summed E-state index contributed by atoms with van der Waals surface area (Å²) in [6.45, 7) is 4.66. The molecule has 8 aromatic rings. The molecule has 0 atom stereocenters. The fraction of sp³-hybridized carbons (Fsp3) is 0.0652. The van der Waals surface area contributed by atoms with E-state index >= 15 is 0 Å². The van der Waals surface area contributed by atoms with Gasteiger partial charge in [-0.3, -0.25) is 0 Å². The van der Waals surface area contributed by atoms with E-state index in [4.69, 9.17) is 0 Å². The third-order valence-corrected chi connectivity index (χ3v) is 10.2. The van der Waals surface area contributed by atoms with Crippen molar-refractivity contribution < 1.29 is 0 Å². The highest BCUT2D eigenvalue weighted by atomic mass is 15.2. The van der Waals surface area contributed by atoms with Crippen LogP contribution in [0.4, 0.5) is 17.1 Å². The molecule has 0 spiro atoms. The van der Waals surface area contributed by atoms with Crippen LogP contribution < -0.4 is 4.90 Å². The first-order chi connectivity index (χ1) is 24.0. The Morgan fingerprint density at radius 3 is 1.88 bits per heavy atom. The maximum absolute atomic E-state index is 10.4. The van der Waals surface area contributed by atoms with Crippen LogP contribution in [0.3, 0.4) is 0 Å². The lowest BCUT2D eigenvalue weighted by molar-refractivity contribution is 0.632. The predicted molar refractivity (Wildman–Crippen MR) is 203 cm³/mol. The second kappa shape index (κ2) is 11.1. The second-order valence-electron chi connectivity index (χ2n) is 13.3. The van der Waals surface area contributed by atoms with Crippen molar-refractivity contribution in [2.75, 3.05) is 4.90 Å². The lowest BCUT2D eigenvalue weighted by atomic mass is 9.73. The Kier molecular flexibility index (Phi) is 6.54. The van der Waals surface area contributed by atoms with Crippen molar-refractivity contribution >= 4 is 38.9 Å². The van der Waals surface area contributed by atoms with E-state index in [1.807, 2.05) is 12.1 Å². The van der Waals surface area contributed by atoms with Crippen molar-refractivity contribution in [1.29, 1.82) is 5.26 Å². The van der Waals surface area contributed by atoms with Gasteiger partial charge < -0.3 is 9.47 Å². The van der Waals surface area contributed by atoms with Crippen molar-refractivity contribution in [1.82, 2.24) is 4.57 Å². The van der Waals surface area contributed by atoms with Crippen molar-refractivity contribution in [3.8, 4) is 34.0 Å². The molecule has 9 rings (SSSR count). The van der Waals surface area contributed by atoms with E-state index < -0.39 is 0 Å². The average Bonchev–Trinajstić information content (AvgIpc) is 3.49. The zero-order valence-electron chi connectivity index (χ0n) is 27.4. The molecule has 49 heavy (non-hydrogen) atoms. The van der Waals surface area contributed by atoms with E-state index in [9.17, 15) is 5.26 Å². The Bertz CT molecular complexity index is 2550. The van der Waals surface area contributed by atoms with Crippen molar-refractivity contribution in [3.05, 3.63) is 180 Å². The van der Waals surface area contributed by atoms with E-state index in [1.54, 1.807) is 0 Å². The number of hydrogen-bond donors (Lipinski definition) is 0. The number of para-hydroxylation sites is 5. The number of aromatic nitrogens is 1. The number of anilines is 3. The van der Waals surface area contributed by atoms with Gasteiger partial charge in [-0.2, -0.15) is 5.26 Å². The topological polar surface area (TPSA) is 32.0 Å². The number of hydrogen-bond acceptors (Lipinski definition) is 2. The third kappa shape index (κ3) is 4.42. The zero-order valence-corrected chi connectivity index (χ0v) is 27.4. The van der Waals surface area contributed by atoms with Crippen LogP contribution in [-0.2, 0) is 5.41 Å². The quantitative estimate of drug-likeness (QED) is 0.194. The van der Waals surface area contributed by atoms with Crippen LogP contribution in [0.15, 0.2) is 164 Å². The summed E-state index contributed by atoms with van der Waals surface area (Å²) in [5, 5.41) is 12.8. The summed E-state index contributed by atoms with van der Waals surface area (Å²) in [7, 11) is 0. The van der Waals surface area contributed by atoms with Gasteiger partial charge in [0.25, 0.3) is 0 Å². The summed E-state index contributed by atoms with van der Waals surface area (Å²) in [6.07, 6.45) is 0. The van der Waals surface area contributed by atoms with Gasteiger partial charge in [-0.05, 0) is 82.4 Å². The van der Waals surface area contributed by atoms with Gasteiger partial charge in [-0.1, -0.05) is 123 Å². The minimum atomic E-state index is -0.199. The molecule has 232 valence electrons. The molecular weight excluding hydrogens is 595 g/mol. The van der Waals surface area contributed by atoms with Gasteiger partial charge in [0.2, 0.25) is 0 Å². The average molecular weight is 628 g/mol. The largest absolute Gasteiger partial charge is 0.310 e. The highest BCUT2D eigenvalue weighted by Gasteiger charge is 2.37. The molecule has 1 aromatic heterocycles. The molecule has 7 aromatic carbocycles. The van der Waals surface area contributed by atoms with Crippen LogP contribution in [0.25, 0.3) is 49.7 Å². The molecular formula is C46H33N3. The molecule has 0 aliphatic carbocycles. The monoisotopic (exact) mass is 627 g/mol. The van der Waals surface area contributed by atoms with Crippen LogP contribution >= 0.6 is 0 Å². The van der Waals surface area contributed by atoms with Gasteiger partial charge >= 0.3 is 0 Å². The molecule has 1 aliphatic rings. The molecule has 0 radical (unpaired) electrons. The van der Waals surface area contributed by atoms with Crippen LogP contribution in [0, 0.1) is 11.3 Å². The Morgan fingerprint density at radius 2 is 1.12 bits per heavy atom. The van der Waals surface area contributed by atoms with E-state index in [0.717, 1.165) is 44.7 Å². The Labute approximate surface area is 286 Å². The van der Waals surface area contributed by atoms with Crippen LogP contribution in [0.2, 0.25) is 0 Å². The molecule has 0 saturated heterocycles. The lowest BCUT2D eigenvalue weighted by Crippen LogP contribution is -2.30. The summed E-state index contributed by atoms with van der Waals surface area (Å²) in [6, 6.07) is 60.6. The van der Waals surface area contributed by atoms with Gasteiger partial charge in [-0.25, -0.2) is 0 Å². The smallest absolute Gasteiger partial charge is 0.101 e. The number of fused-ring (bicyclic) bond motifs is 5. The summed E-state index contributed by atoms with van der Waals surface area (Å²) in [4.78, 5) is 2.39. The highest BCUT2D eigenvalue weighted by molar-refractivity contribution is 6.10. The van der Waals surface area contributed by atoms with Gasteiger partial charge in [0.15, 0.2) is 0 Å². The fourth-order valence-electron chi connectivity index (χ4n) is 7.88. The third-order valence-electron chi connectivity index (χ3n) is 10.2. The SMILES string of the molecule is CC1(C)c2ccccc2N(c2ccccc2)c2ccc(-c3cccc(-c4cccc(C#N)c4-n4c5ccccc5c5ccccc54)c3)cc21. The molecule has 0 unspecified atom stereocenters. The number of nitriles is 1. The Hall–Kier alpha value is -6.37. The molecule has 0 bridgehead atoms. The predicted octanol–water partition coefficient (Wildman–Crippen LogP) is 12.1. The summed E-state index contributed by atoms with van der Waals surface area (Å²) >= 11 is 0. The Morgan fingerprint density at radius 1 is 0.510 bits per heavy atom. The summed E-state index contributed by atoms with van der Waals surface area (Å²) in [5.41, 5.74) is 14.1. The first-order valence-corrected chi connectivity index (χ1v) is 16.8. The molecule has 3 nitrogen and oxygen atoms in total. The molecule has 0 saturated carbocycles. The van der Waals surface area contributed by atoms with Crippen LogP contribution in [0.5, 0.6) is 0 Å². The minimum Gasteiger partial charge on any atom is -0.310 e. The molecule has 1 aliphatic heterocycles. The van der Waals surface area contributed by atoms with Gasteiger partial charge in [0, 0.05) is 27.4 Å². The summed E-state index contributed by atoms with van der Waals surface area (Å²) < 4.78 is 2.27. The van der Waals surface area contributed by atoms with Crippen molar-refractivity contribution in [3.63, 3.8) is 0 Å². The molecule has 0 fully saturated rings. The van der Waals surface area contributed by atoms with Gasteiger partial charge in [0.05, 0.1) is 33.7 Å². The van der Waals surface area contributed by atoms with Gasteiger partial charge in [0.1, 0.15) is 6.07 Å². The van der Waals surface area contributed by atoms with E-state index in [1.165, 1.54) is 33.3 Å². The first-order valence-electron chi connectivity index (χ1n) is 16.8.